The Kier molecular flexibility index (Phi) is 4.73. The van der Waals surface area contributed by atoms with E-state index in [-0.39, 0.29) is 51.0 Å². The smallest absolute Gasteiger partial charge is 0.180 e. The fourth-order valence-corrected chi connectivity index (χ4v) is 3.67. The van der Waals surface area contributed by atoms with Crippen LogP contribution in [0.25, 0.3) is 33.4 Å². The van der Waals surface area contributed by atoms with E-state index >= 15 is 0 Å². The molecule has 0 amide bonds. The lowest BCUT2D eigenvalue weighted by molar-refractivity contribution is 0.461. The SMILES string of the molecule is CS(=O)(=O)c1cc(-c2ncc(-c3cn[nH]c3)c3onc(N)c23)c(F)cc1N.Cl. The van der Waals surface area contributed by atoms with Crippen molar-refractivity contribution in [2.75, 3.05) is 17.7 Å². The fourth-order valence-electron chi connectivity index (χ4n) is 2.85. The maximum atomic E-state index is 14.6. The van der Waals surface area contributed by atoms with Gasteiger partial charge in [-0.15, -0.1) is 12.4 Å². The number of nitrogens with one attached hydrogen (secondary N) is 1. The van der Waals surface area contributed by atoms with Crippen molar-refractivity contribution in [1.29, 1.82) is 0 Å². The van der Waals surface area contributed by atoms with Crippen LogP contribution in [0.5, 0.6) is 0 Å². The number of sulfone groups is 1. The second kappa shape index (κ2) is 6.77. The average molecular weight is 425 g/mol. The second-order valence-corrected chi connectivity index (χ2v) is 7.91. The highest BCUT2D eigenvalue weighted by molar-refractivity contribution is 7.90. The largest absolute Gasteiger partial charge is 0.398 e. The number of aromatic amines is 1. The Labute approximate surface area is 164 Å². The third kappa shape index (κ3) is 3.04. The fraction of sp³-hybridized carbons (Fsp3) is 0.0625. The van der Waals surface area contributed by atoms with Crippen molar-refractivity contribution >= 4 is 44.7 Å². The number of hydrogen-bond donors (Lipinski definition) is 3. The van der Waals surface area contributed by atoms with E-state index in [0.29, 0.717) is 11.1 Å². The van der Waals surface area contributed by atoms with Gasteiger partial charge in [0.15, 0.2) is 21.2 Å². The van der Waals surface area contributed by atoms with Gasteiger partial charge in [0.05, 0.1) is 27.9 Å². The number of nitrogen functional groups attached to an aromatic ring is 2. The maximum absolute atomic E-state index is 14.6. The second-order valence-electron chi connectivity index (χ2n) is 5.92. The third-order valence-corrected chi connectivity index (χ3v) is 5.24. The normalized spacial score (nSPS) is 11.5. The molecule has 28 heavy (non-hydrogen) atoms. The van der Waals surface area contributed by atoms with E-state index in [2.05, 4.69) is 20.3 Å². The first-order valence-corrected chi connectivity index (χ1v) is 9.49. The number of nitrogens with two attached hydrogens (primary N) is 2. The van der Waals surface area contributed by atoms with Gasteiger partial charge in [-0.3, -0.25) is 10.1 Å². The van der Waals surface area contributed by atoms with Crippen LogP contribution in [0.4, 0.5) is 15.9 Å². The van der Waals surface area contributed by atoms with Crippen LogP contribution in [0.15, 0.2) is 40.1 Å². The molecule has 0 unspecified atom stereocenters. The highest BCUT2D eigenvalue weighted by Crippen LogP contribution is 2.38. The van der Waals surface area contributed by atoms with Crippen LogP contribution in [0.1, 0.15) is 0 Å². The number of halogens is 2. The number of nitrogens with zero attached hydrogens (tertiary/aromatic N) is 3. The number of anilines is 2. The summed E-state index contributed by atoms with van der Waals surface area (Å²) in [6, 6.07) is 2.07. The zero-order valence-electron chi connectivity index (χ0n) is 14.3. The number of rotatable bonds is 3. The van der Waals surface area contributed by atoms with E-state index in [1.165, 1.54) is 6.20 Å². The number of pyridine rings is 1. The molecule has 0 atom stereocenters. The Morgan fingerprint density at radius 3 is 2.57 bits per heavy atom. The lowest BCUT2D eigenvalue weighted by atomic mass is 10.0. The monoisotopic (exact) mass is 424 g/mol. The Morgan fingerprint density at radius 2 is 1.93 bits per heavy atom. The summed E-state index contributed by atoms with van der Waals surface area (Å²) in [7, 11) is -3.68. The predicted molar refractivity (Wildman–Crippen MR) is 104 cm³/mol. The Morgan fingerprint density at radius 1 is 1.18 bits per heavy atom. The molecule has 0 saturated carbocycles. The zero-order chi connectivity index (χ0) is 19.3. The van der Waals surface area contributed by atoms with E-state index in [4.69, 9.17) is 16.0 Å². The molecule has 146 valence electrons. The summed E-state index contributed by atoms with van der Waals surface area (Å²) in [4.78, 5) is 4.08. The Bertz CT molecular complexity index is 1290. The highest BCUT2D eigenvalue weighted by atomic mass is 35.5. The Hall–Kier alpha value is -3.18. The van der Waals surface area contributed by atoms with Gasteiger partial charge in [-0.1, -0.05) is 5.16 Å². The summed E-state index contributed by atoms with van der Waals surface area (Å²) in [5.74, 6) is -0.750. The molecule has 0 aliphatic carbocycles. The summed E-state index contributed by atoms with van der Waals surface area (Å²) in [6.07, 6.45) is 5.61. The number of H-pyrrole nitrogens is 1. The third-order valence-electron chi connectivity index (χ3n) is 4.09. The first-order valence-electron chi connectivity index (χ1n) is 7.60. The van der Waals surface area contributed by atoms with E-state index in [1.807, 2.05) is 0 Å². The van der Waals surface area contributed by atoms with Gasteiger partial charge in [-0.2, -0.15) is 5.10 Å². The highest BCUT2D eigenvalue weighted by Gasteiger charge is 2.23. The van der Waals surface area contributed by atoms with Gasteiger partial charge < -0.3 is 16.0 Å². The van der Waals surface area contributed by atoms with Gasteiger partial charge in [-0.05, 0) is 12.1 Å². The quantitative estimate of drug-likeness (QED) is 0.334. The van der Waals surface area contributed by atoms with Crippen LogP contribution >= 0.6 is 12.4 Å². The topological polar surface area (TPSA) is 154 Å². The summed E-state index contributed by atoms with van der Waals surface area (Å²) in [5, 5.41) is 10.5. The molecule has 0 bridgehead atoms. The first-order chi connectivity index (χ1) is 12.8. The summed E-state index contributed by atoms with van der Waals surface area (Å²) >= 11 is 0. The van der Waals surface area contributed by atoms with Crippen LogP contribution in [-0.4, -0.2) is 35.0 Å². The number of hydrogen-bond acceptors (Lipinski definition) is 8. The van der Waals surface area contributed by atoms with Gasteiger partial charge in [0, 0.05) is 35.3 Å². The van der Waals surface area contributed by atoms with E-state index in [9.17, 15) is 12.8 Å². The predicted octanol–water partition coefficient (Wildman–Crippen LogP) is 2.41. The van der Waals surface area contributed by atoms with Crippen molar-refractivity contribution in [3.63, 3.8) is 0 Å². The molecule has 0 aliphatic heterocycles. The molecule has 4 aromatic rings. The summed E-state index contributed by atoms with van der Waals surface area (Å²) in [6.45, 7) is 0. The maximum Gasteiger partial charge on any atom is 0.180 e. The average Bonchev–Trinajstić information content (AvgIpc) is 3.24. The molecule has 0 radical (unpaired) electrons. The molecule has 3 aromatic heterocycles. The van der Waals surface area contributed by atoms with Gasteiger partial charge in [0.2, 0.25) is 0 Å². The van der Waals surface area contributed by atoms with Crippen LogP contribution in [-0.2, 0) is 9.84 Å². The van der Waals surface area contributed by atoms with Crippen molar-refractivity contribution in [1.82, 2.24) is 20.3 Å². The van der Waals surface area contributed by atoms with Gasteiger partial charge in [-0.25, -0.2) is 12.8 Å². The molecule has 9 nitrogen and oxygen atoms in total. The van der Waals surface area contributed by atoms with Gasteiger partial charge in [0.25, 0.3) is 0 Å². The zero-order valence-corrected chi connectivity index (χ0v) is 15.9. The van der Waals surface area contributed by atoms with E-state index < -0.39 is 15.7 Å². The summed E-state index contributed by atoms with van der Waals surface area (Å²) in [5.41, 5.74) is 12.9. The molecule has 0 spiro atoms. The molecule has 0 saturated heterocycles. The van der Waals surface area contributed by atoms with Crippen molar-refractivity contribution in [3.8, 4) is 22.4 Å². The molecular formula is C16H14ClFN6O3S. The number of benzene rings is 1. The molecule has 5 N–H and O–H groups in total. The lowest BCUT2D eigenvalue weighted by Crippen LogP contribution is -2.04. The minimum Gasteiger partial charge on any atom is -0.398 e. The van der Waals surface area contributed by atoms with E-state index in [1.54, 1.807) is 12.4 Å². The molecule has 12 heteroatoms. The Balaban J connectivity index is 0.00000225. The molecule has 3 heterocycles. The van der Waals surface area contributed by atoms with Crippen LogP contribution in [0.2, 0.25) is 0 Å². The van der Waals surface area contributed by atoms with E-state index in [0.717, 1.165) is 18.4 Å². The minimum absolute atomic E-state index is 0. The number of aromatic nitrogens is 4. The van der Waals surface area contributed by atoms with Crippen LogP contribution < -0.4 is 11.5 Å². The van der Waals surface area contributed by atoms with Crippen molar-refractivity contribution in [3.05, 3.63) is 36.5 Å². The number of fused-ring (bicyclic) bond motifs is 1. The van der Waals surface area contributed by atoms with Gasteiger partial charge in [0.1, 0.15) is 5.82 Å². The minimum atomic E-state index is -3.68. The molecule has 1 aromatic carbocycles. The summed E-state index contributed by atoms with van der Waals surface area (Å²) < 4.78 is 43.8. The van der Waals surface area contributed by atoms with Crippen molar-refractivity contribution in [2.45, 2.75) is 4.90 Å². The lowest BCUT2D eigenvalue weighted by Gasteiger charge is -2.10. The van der Waals surface area contributed by atoms with Crippen LogP contribution in [0, 0.1) is 5.82 Å². The molecular weight excluding hydrogens is 411 g/mol. The first kappa shape index (κ1) is 19.6. The van der Waals surface area contributed by atoms with Crippen molar-refractivity contribution < 1.29 is 17.3 Å². The van der Waals surface area contributed by atoms with Crippen LogP contribution in [0.3, 0.4) is 0 Å². The molecule has 0 fully saturated rings. The standard InChI is InChI=1S/C16H13FN6O3S.ClH/c1-27(24,25)12-2-8(10(17)3-11(12)18)14-13-15(26-23-16(13)19)9(6-20-14)7-4-21-22-5-7;/h2-6H,18H2,1H3,(H2,19,23)(H,21,22);1H. The molecule has 0 aliphatic rings. The molecule has 4 rings (SSSR count). The van der Waals surface area contributed by atoms with Crippen molar-refractivity contribution in [2.24, 2.45) is 0 Å². The van der Waals surface area contributed by atoms with Gasteiger partial charge >= 0.3 is 0 Å².